The van der Waals surface area contributed by atoms with Gasteiger partial charge in [0, 0.05) is 6.04 Å². The SMILES string of the molecule is CC(C)NCCC(C)(C)c1ccc(Cl)c(Cl)c1. The standard InChI is InChI=1S/C14H21Cl2N/c1-10(2)17-8-7-14(3,4)11-5-6-12(15)13(16)9-11/h5-6,9-10,17H,7-8H2,1-4H3. The average molecular weight is 274 g/mol. The summed E-state index contributed by atoms with van der Waals surface area (Å²) in [6.45, 7) is 9.78. The van der Waals surface area contributed by atoms with E-state index in [-0.39, 0.29) is 5.41 Å². The highest BCUT2D eigenvalue weighted by Crippen LogP contribution is 2.31. The third-order valence-corrected chi connectivity index (χ3v) is 3.74. The monoisotopic (exact) mass is 273 g/mol. The van der Waals surface area contributed by atoms with Gasteiger partial charge in [-0.2, -0.15) is 0 Å². The van der Waals surface area contributed by atoms with E-state index in [4.69, 9.17) is 23.2 Å². The minimum atomic E-state index is 0.107. The topological polar surface area (TPSA) is 12.0 Å². The molecule has 1 aromatic carbocycles. The van der Waals surface area contributed by atoms with Gasteiger partial charge in [-0.25, -0.2) is 0 Å². The van der Waals surface area contributed by atoms with Crippen molar-refractivity contribution < 1.29 is 0 Å². The molecule has 0 saturated heterocycles. The zero-order chi connectivity index (χ0) is 13.1. The van der Waals surface area contributed by atoms with E-state index in [1.54, 1.807) is 0 Å². The van der Waals surface area contributed by atoms with Crippen LogP contribution >= 0.6 is 23.2 Å². The van der Waals surface area contributed by atoms with Crippen LogP contribution in [-0.2, 0) is 5.41 Å². The minimum absolute atomic E-state index is 0.107. The van der Waals surface area contributed by atoms with Gasteiger partial charge in [-0.15, -0.1) is 0 Å². The first-order chi connectivity index (χ1) is 7.83. The molecule has 0 heterocycles. The molecule has 0 unspecified atom stereocenters. The van der Waals surface area contributed by atoms with E-state index in [0.29, 0.717) is 16.1 Å². The van der Waals surface area contributed by atoms with Crippen LogP contribution in [0.2, 0.25) is 10.0 Å². The Labute approximate surface area is 115 Å². The molecule has 1 rings (SSSR count). The van der Waals surface area contributed by atoms with Crippen LogP contribution in [0.25, 0.3) is 0 Å². The summed E-state index contributed by atoms with van der Waals surface area (Å²) in [5, 5.41) is 4.69. The third-order valence-electron chi connectivity index (χ3n) is 3.00. The van der Waals surface area contributed by atoms with Crippen molar-refractivity contribution in [1.82, 2.24) is 5.32 Å². The van der Waals surface area contributed by atoms with Crippen LogP contribution in [-0.4, -0.2) is 12.6 Å². The fourth-order valence-electron chi connectivity index (χ4n) is 1.73. The van der Waals surface area contributed by atoms with Gasteiger partial charge in [-0.05, 0) is 36.1 Å². The molecule has 0 atom stereocenters. The Bertz CT molecular complexity index is 372. The van der Waals surface area contributed by atoms with Crippen molar-refractivity contribution in [3.05, 3.63) is 33.8 Å². The van der Waals surface area contributed by atoms with Crippen LogP contribution in [0.15, 0.2) is 18.2 Å². The lowest BCUT2D eigenvalue weighted by Crippen LogP contribution is -2.29. The lowest BCUT2D eigenvalue weighted by Gasteiger charge is -2.26. The Kier molecular flexibility index (Phi) is 5.30. The first kappa shape index (κ1) is 14.8. The van der Waals surface area contributed by atoms with Crippen molar-refractivity contribution in [2.24, 2.45) is 0 Å². The van der Waals surface area contributed by atoms with Crippen molar-refractivity contribution in [1.29, 1.82) is 0 Å². The summed E-state index contributed by atoms with van der Waals surface area (Å²) in [6, 6.07) is 6.43. The summed E-state index contributed by atoms with van der Waals surface area (Å²) in [5.41, 5.74) is 1.34. The summed E-state index contributed by atoms with van der Waals surface area (Å²) in [5.74, 6) is 0. The van der Waals surface area contributed by atoms with Gasteiger partial charge in [-0.1, -0.05) is 57.0 Å². The maximum Gasteiger partial charge on any atom is 0.0595 e. The second-order valence-electron chi connectivity index (χ2n) is 5.37. The van der Waals surface area contributed by atoms with Gasteiger partial charge >= 0.3 is 0 Å². The van der Waals surface area contributed by atoms with Crippen LogP contribution in [0.1, 0.15) is 39.7 Å². The average Bonchev–Trinajstić information content (AvgIpc) is 2.21. The minimum Gasteiger partial charge on any atom is -0.315 e. The molecule has 3 heteroatoms. The molecule has 17 heavy (non-hydrogen) atoms. The normalized spacial score (nSPS) is 12.2. The van der Waals surface area contributed by atoms with E-state index in [2.05, 4.69) is 39.1 Å². The first-order valence-electron chi connectivity index (χ1n) is 6.02. The Morgan fingerprint density at radius 3 is 2.35 bits per heavy atom. The predicted molar refractivity (Wildman–Crippen MR) is 77.2 cm³/mol. The zero-order valence-corrected chi connectivity index (χ0v) is 12.5. The highest BCUT2D eigenvalue weighted by atomic mass is 35.5. The molecule has 0 aromatic heterocycles. The molecule has 0 fully saturated rings. The highest BCUT2D eigenvalue weighted by Gasteiger charge is 2.20. The molecular formula is C14H21Cl2N. The summed E-state index contributed by atoms with van der Waals surface area (Å²) in [6.07, 6.45) is 1.07. The van der Waals surface area contributed by atoms with E-state index in [1.807, 2.05) is 12.1 Å². The van der Waals surface area contributed by atoms with E-state index >= 15 is 0 Å². The third kappa shape index (κ3) is 4.50. The number of benzene rings is 1. The van der Waals surface area contributed by atoms with Gasteiger partial charge < -0.3 is 5.32 Å². The number of nitrogens with one attached hydrogen (secondary N) is 1. The molecule has 0 saturated carbocycles. The Morgan fingerprint density at radius 1 is 1.18 bits per heavy atom. The molecule has 0 amide bonds. The summed E-state index contributed by atoms with van der Waals surface area (Å²) < 4.78 is 0. The zero-order valence-electron chi connectivity index (χ0n) is 11.0. The second kappa shape index (κ2) is 6.08. The fourth-order valence-corrected chi connectivity index (χ4v) is 2.03. The van der Waals surface area contributed by atoms with E-state index in [1.165, 1.54) is 5.56 Å². The molecule has 1 aromatic rings. The van der Waals surface area contributed by atoms with Gasteiger partial charge in [0.1, 0.15) is 0 Å². The molecule has 0 aliphatic heterocycles. The molecule has 1 nitrogen and oxygen atoms in total. The summed E-state index contributed by atoms with van der Waals surface area (Å²) >= 11 is 12.0. The van der Waals surface area contributed by atoms with E-state index < -0.39 is 0 Å². The quantitative estimate of drug-likeness (QED) is 0.823. The van der Waals surface area contributed by atoms with E-state index in [9.17, 15) is 0 Å². The smallest absolute Gasteiger partial charge is 0.0595 e. The van der Waals surface area contributed by atoms with Crippen LogP contribution in [0, 0.1) is 0 Å². The van der Waals surface area contributed by atoms with Gasteiger partial charge in [0.15, 0.2) is 0 Å². The fraction of sp³-hybridized carbons (Fsp3) is 0.571. The van der Waals surface area contributed by atoms with Gasteiger partial charge in [0.05, 0.1) is 10.0 Å². The van der Waals surface area contributed by atoms with E-state index in [0.717, 1.165) is 13.0 Å². The maximum atomic E-state index is 6.06. The Hall–Kier alpha value is -0.240. The van der Waals surface area contributed by atoms with Crippen LogP contribution in [0.3, 0.4) is 0 Å². The first-order valence-corrected chi connectivity index (χ1v) is 6.77. The molecule has 0 aliphatic rings. The number of hydrogen-bond donors (Lipinski definition) is 1. The lowest BCUT2D eigenvalue weighted by molar-refractivity contribution is 0.441. The summed E-state index contributed by atoms with van der Waals surface area (Å²) in [4.78, 5) is 0. The van der Waals surface area contributed by atoms with Crippen molar-refractivity contribution in [3.63, 3.8) is 0 Å². The molecule has 1 N–H and O–H groups in total. The molecule has 0 radical (unpaired) electrons. The lowest BCUT2D eigenvalue weighted by atomic mass is 9.81. The highest BCUT2D eigenvalue weighted by molar-refractivity contribution is 6.42. The maximum absolute atomic E-state index is 6.06. The van der Waals surface area contributed by atoms with Gasteiger partial charge in [0.25, 0.3) is 0 Å². The van der Waals surface area contributed by atoms with Crippen molar-refractivity contribution in [2.75, 3.05) is 6.54 Å². The second-order valence-corrected chi connectivity index (χ2v) is 6.19. The molecular weight excluding hydrogens is 253 g/mol. The molecule has 0 bridgehead atoms. The van der Waals surface area contributed by atoms with Crippen molar-refractivity contribution in [2.45, 2.75) is 45.6 Å². The Morgan fingerprint density at radius 2 is 1.82 bits per heavy atom. The molecule has 0 spiro atoms. The van der Waals surface area contributed by atoms with Crippen LogP contribution < -0.4 is 5.32 Å². The predicted octanol–water partition coefficient (Wildman–Crippen LogP) is 4.66. The number of rotatable bonds is 5. The molecule has 96 valence electrons. The van der Waals surface area contributed by atoms with Gasteiger partial charge in [-0.3, -0.25) is 0 Å². The largest absolute Gasteiger partial charge is 0.315 e. The molecule has 0 aliphatic carbocycles. The van der Waals surface area contributed by atoms with Crippen LogP contribution in [0.5, 0.6) is 0 Å². The number of halogens is 2. The van der Waals surface area contributed by atoms with Gasteiger partial charge in [0.2, 0.25) is 0 Å². The summed E-state index contributed by atoms with van der Waals surface area (Å²) in [7, 11) is 0. The number of hydrogen-bond acceptors (Lipinski definition) is 1. The Balaban J connectivity index is 2.71. The van der Waals surface area contributed by atoms with Crippen molar-refractivity contribution in [3.8, 4) is 0 Å². The van der Waals surface area contributed by atoms with Crippen LogP contribution in [0.4, 0.5) is 0 Å². The van der Waals surface area contributed by atoms with Crippen molar-refractivity contribution >= 4 is 23.2 Å².